The van der Waals surface area contributed by atoms with Gasteiger partial charge in [-0.05, 0) is 59.4 Å². The minimum atomic E-state index is -0.736. The monoisotopic (exact) mass is 534 g/mol. The summed E-state index contributed by atoms with van der Waals surface area (Å²) in [5.74, 6) is -0.107. The number of rotatable bonds is 9. The van der Waals surface area contributed by atoms with Crippen molar-refractivity contribution in [3.05, 3.63) is 29.0 Å². The molecular weight excluding hydrogens is 496 g/mol. The summed E-state index contributed by atoms with van der Waals surface area (Å²) in [6.07, 6.45) is 6.42. The standard InChI is InChI=1S/C27H39ClN4O5/c1-18(20-16-30(12-6-7-14-35-5)24-23(20)21(28)10-11-29-24)32(19-8-9-19)25(33)22-17-31(13-15-36-22)26(34)37-27(2,3)4/h10-11,16,18-19,22H,6-9,12-15,17H2,1-5H3/t18?,22-/m1/s1. The van der Waals surface area contributed by atoms with Crippen LogP contribution < -0.4 is 0 Å². The van der Waals surface area contributed by atoms with E-state index in [0.29, 0.717) is 24.8 Å². The molecule has 1 aliphatic heterocycles. The van der Waals surface area contributed by atoms with Crippen molar-refractivity contribution in [2.24, 2.45) is 0 Å². The van der Waals surface area contributed by atoms with Gasteiger partial charge in [-0.3, -0.25) is 4.79 Å². The summed E-state index contributed by atoms with van der Waals surface area (Å²) in [5, 5.41) is 1.50. The first-order valence-electron chi connectivity index (χ1n) is 13.1. The molecule has 2 aliphatic rings. The molecule has 1 saturated heterocycles. The number of hydrogen-bond acceptors (Lipinski definition) is 6. The number of morpholine rings is 1. The molecule has 0 N–H and O–H groups in total. The van der Waals surface area contributed by atoms with Crippen LogP contribution in [0.15, 0.2) is 18.5 Å². The molecule has 2 atom stereocenters. The molecular formula is C27H39ClN4O5. The van der Waals surface area contributed by atoms with E-state index in [4.69, 9.17) is 25.8 Å². The fourth-order valence-electron chi connectivity index (χ4n) is 4.87. The Labute approximate surface area is 224 Å². The molecule has 0 bridgehead atoms. The van der Waals surface area contributed by atoms with Gasteiger partial charge in [0.25, 0.3) is 5.91 Å². The maximum Gasteiger partial charge on any atom is 0.410 e. The zero-order valence-corrected chi connectivity index (χ0v) is 23.3. The minimum absolute atomic E-state index is 0.107. The van der Waals surface area contributed by atoms with Gasteiger partial charge in [-0.2, -0.15) is 0 Å². The quantitative estimate of drug-likeness (QED) is 0.429. The van der Waals surface area contributed by atoms with Crippen molar-refractivity contribution in [3.8, 4) is 0 Å². The zero-order chi connectivity index (χ0) is 26.7. The van der Waals surface area contributed by atoms with Crippen LogP contribution in [0.1, 0.15) is 65.0 Å². The molecule has 2 aromatic rings. The zero-order valence-electron chi connectivity index (χ0n) is 22.5. The Bertz CT molecular complexity index is 1110. The Morgan fingerprint density at radius 2 is 2.05 bits per heavy atom. The van der Waals surface area contributed by atoms with E-state index >= 15 is 0 Å². The fourth-order valence-corrected chi connectivity index (χ4v) is 5.12. The first-order valence-corrected chi connectivity index (χ1v) is 13.5. The summed E-state index contributed by atoms with van der Waals surface area (Å²) >= 11 is 6.68. The predicted octanol–water partition coefficient (Wildman–Crippen LogP) is 4.80. The molecule has 37 heavy (non-hydrogen) atoms. The molecule has 2 aromatic heterocycles. The number of methoxy groups -OCH3 is 1. The van der Waals surface area contributed by atoms with E-state index in [1.807, 2.05) is 32.6 Å². The van der Waals surface area contributed by atoms with Crippen molar-refractivity contribution >= 4 is 34.6 Å². The van der Waals surface area contributed by atoms with E-state index in [0.717, 1.165) is 48.8 Å². The van der Waals surface area contributed by atoms with E-state index in [1.54, 1.807) is 24.3 Å². The number of hydrogen-bond donors (Lipinski definition) is 0. The Morgan fingerprint density at radius 3 is 2.73 bits per heavy atom. The van der Waals surface area contributed by atoms with Crippen molar-refractivity contribution in [1.82, 2.24) is 19.4 Å². The van der Waals surface area contributed by atoms with Crippen molar-refractivity contribution in [2.45, 2.75) is 83.7 Å². The van der Waals surface area contributed by atoms with Crippen LogP contribution in [-0.2, 0) is 25.5 Å². The molecule has 1 unspecified atom stereocenters. The van der Waals surface area contributed by atoms with Crippen LogP contribution in [0.5, 0.6) is 0 Å². The van der Waals surface area contributed by atoms with E-state index < -0.39 is 17.8 Å². The second-order valence-corrected chi connectivity index (χ2v) is 11.3. The summed E-state index contributed by atoms with van der Waals surface area (Å²) in [6, 6.07) is 1.70. The molecule has 10 heteroatoms. The highest BCUT2D eigenvalue weighted by Gasteiger charge is 2.42. The number of amides is 2. The molecule has 3 heterocycles. The Hall–Kier alpha value is -2.36. The van der Waals surface area contributed by atoms with Gasteiger partial charge in [-0.15, -0.1) is 0 Å². The number of aryl methyl sites for hydroxylation is 1. The number of ether oxygens (including phenoxy) is 3. The number of carbonyl (C=O) groups is 2. The predicted molar refractivity (Wildman–Crippen MR) is 142 cm³/mol. The van der Waals surface area contributed by atoms with E-state index in [1.165, 1.54) is 0 Å². The topological polar surface area (TPSA) is 86.1 Å². The number of nitrogens with zero attached hydrogens (tertiary/aromatic N) is 4. The number of carbonyl (C=O) groups excluding carboxylic acids is 2. The number of pyridine rings is 1. The van der Waals surface area contributed by atoms with Crippen molar-refractivity contribution in [3.63, 3.8) is 0 Å². The van der Waals surface area contributed by atoms with Crippen LogP contribution in [0.3, 0.4) is 0 Å². The number of fused-ring (bicyclic) bond motifs is 1. The largest absolute Gasteiger partial charge is 0.444 e. The normalized spacial score (nSPS) is 19.2. The second-order valence-electron chi connectivity index (χ2n) is 10.9. The van der Waals surface area contributed by atoms with Crippen molar-refractivity contribution in [1.29, 1.82) is 0 Å². The van der Waals surface area contributed by atoms with Gasteiger partial charge in [0.15, 0.2) is 6.10 Å². The molecule has 0 aromatic carbocycles. The van der Waals surface area contributed by atoms with Crippen LogP contribution in [0.4, 0.5) is 4.79 Å². The molecule has 4 rings (SSSR count). The number of halogens is 1. The lowest BCUT2D eigenvalue weighted by Gasteiger charge is -2.37. The molecule has 204 valence electrons. The van der Waals surface area contributed by atoms with Crippen LogP contribution in [0.2, 0.25) is 5.02 Å². The van der Waals surface area contributed by atoms with Gasteiger partial charge in [0, 0.05) is 56.2 Å². The summed E-state index contributed by atoms with van der Waals surface area (Å²) in [6.45, 7) is 9.89. The van der Waals surface area contributed by atoms with Gasteiger partial charge in [0.1, 0.15) is 11.2 Å². The highest BCUT2D eigenvalue weighted by molar-refractivity contribution is 6.35. The van der Waals surface area contributed by atoms with Crippen molar-refractivity contribution < 1.29 is 23.8 Å². The molecule has 0 spiro atoms. The van der Waals surface area contributed by atoms with Gasteiger partial charge in [0.05, 0.1) is 24.2 Å². The molecule has 2 amide bonds. The van der Waals surface area contributed by atoms with Crippen LogP contribution >= 0.6 is 11.6 Å². The van der Waals surface area contributed by atoms with Crippen molar-refractivity contribution in [2.75, 3.05) is 33.4 Å². The first kappa shape index (κ1) is 27.7. The summed E-state index contributed by atoms with van der Waals surface area (Å²) in [5.41, 5.74) is 1.19. The highest BCUT2D eigenvalue weighted by Crippen LogP contribution is 2.40. The maximum atomic E-state index is 13.9. The smallest absolute Gasteiger partial charge is 0.410 e. The number of aromatic nitrogens is 2. The summed E-state index contributed by atoms with van der Waals surface area (Å²) < 4.78 is 18.7. The van der Waals surface area contributed by atoms with E-state index in [9.17, 15) is 9.59 Å². The number of unbranched alkanes of at least 4 members (excludes halogenated alkanes) is 1. The van der Waals surface area contributed by atoms with Crippen LogP contribution in [0.25, 0.3) is 11.0 Å². The maximum absolute atomic E-state index is 13.9. The Balaban J connectivity index is 1.57. The lowest BCUT2D eigenvalue weighted by atomic mass is 10.1. The van der Waals surface area contributed by atoms with Gasteiger partial charge in [0.2, 0.25) is 0 Å². The molecule has 1 aliphatic carbocycles. The lowest BCUT2D eigenvalue weighted by Crippen LogP contribution is -2.54. The van der Waals surface area contributed by atoms with E-state index in [2.05, 4.69) is 15.7 Å². The first-order chi connectivity index (χ1) is 17.6. The SMILES string of the molecule is COCCCCn1cc(C(C)N(C(=O)[C@H]2CN(C(=O)OC(C)(C)C)CCO2)C2CC2)c2c(Cl)ccnc21. The van der Waals surface area contributed by atoms with Crippen LogP contribution in [0, 0.1) is 0 Å². The third-order valence-electron chi connectivity index (χ3n) is 6.79. The van der Waals surface area contributed by atoms with E-state index in [-0.39, 0.29) is 24.5 Å². The lowest BCUT2D eigenvalue weighted by molar-refractivity contribution is -0.151. The molecule has 9 nitrogen and oxygen atoms in total. The minimum Gasteiger partial charge on any atom is -0.444 e. The van der Waals surface area contributed by atoms with Gasteiger partial charge >= 0.3 is 6.09 Å². The Morgan fingerprint density at radius 1 is 1.30 bits per heavy atom. The molecule has 1 saturated carbocycles. The van der Waals surface area contributed by atoms with Gasteiger partial charge < -0.3 is 28.6 Å². The summed E-state index contributed by atoms with van der Waals surface area (Å²) in [7, 11) is 1.71. The molecule has 0 radical (unpaired) electrons. The highest BCUT2D eigenvalue weighted by atomic mass is 35.5. The van der Waals surface area contributed by atoms with Crippen LogP contribution in [-0.4, -0.2) is 82.5 Å². The average molecular weight is 535 g/mol. The van der Waals surface area contributed by atoms with Gasteiger partial charge in [-0.1, -0.05) is 11.6 Å². The average Bonchev–Trinajstić information content (AvgIpc) is 3.61. The fraction of sp³-hybridized carbons (Fsp3) is 0.667. The summed E-state index contributed by atoms with van der Waals surface area (Å²) in [4.78, 5) is 34.6. The third-order valence-corrected chi connectivity index (χ3v) is 7.10. The molecule has 2 fully saturated rings. The second kappa shape index (κ2) is 11.6. The third kappa shape index (κ3) is 6.56. The van der Waals surface area contributed by atoms with Gasteiger partial charge in [-0.25, -0.2) is 9.78 Å². The Kier molecular flexibility index (Phi) is 8.66.